The predicted octanol–water partition coefficient (Wildman–Crippen LogP) is 2.74. The molecule has 1 aromatic heterocycles. The van der Waals surface area contributed by atoms with Crippen molar-refractivity contribution in [1.29, 1.82) is 0 Å². The molecule has 0 bridgehead atoms. The van der Waals surface area contributed by atoms with Gasteiger partial charge in [-0.05, 0) is 31.5 Å². The quantitative estimate of drug-likeness (QED) is 0.880. The fourth-order valence-corrected chi connectivity index (χ4v) is 1.74. The minimum atomic E-state index is 0.701. The Balaban J connectivity index is 1.96. The lowest BCUT2D eigenvalue weighted by Gasteiger charge is -2.07. The van der Waals surface area contributed by atoms with Gasteiger partial charge in [0.1, 0.15) is 5.75 Å². The second kappa shape index (κ2) is 5.58. The van der Waals surface area contributed by atoms with Gasteiger partial charge in [0.2, 0.25) is 0 Å². The maximum absolute atomic E-state index is 5.41. The second-order valence-corrected chi connectivity index (χ2v) is 4.20. The molecule has 0 unspecified atom stereocenters. The molecule has 4 nitrogen and oxygen atoms in total. The summed E-state index contributed by atoms with van der Waals surface area (Å²) in [5, 5.41) is 7.58. The van der Waals surface area contributed by atoms with E-state index in [0.29, 0.717) is 6.61 Å². The molecule has 18 heavy (non-hydrogen) atoms. The number of nitrogens with zero attached hydrogens (tertiary/aromatic N) is 2. The van der Waals surface area contributed by atoms with Gasteiger partial charge < -0.3 is 10.1 Å². The number of benzene rings is 1. The van der Waals surface area contributed by atoms with Crippen LogP contribution in [-0.4, -0.2) is 16.4 Å². The second-order valence-electron chi connectivity index (χ2n) is 4.20. The molecular formula is C14H19N3O. The van der Waals surface area contributed by atoms with Crippen LogP contribution in [0.25, 0.3) is 0 Å². The molecule has 2 aromatic rings. The van der Waals surface area contributed by atoms with Crippen molar-refractivity contribution in [3.63, 3.8) is 0 Å². The van der Waals surface area contributed by atoms with Gasteiger partial charge in [0.05, 0.1) is 24.2 Å². The van der Waals surface area contributed by atoms with Gasteiger partial charge in [0.15, 0.2) is 0 Å². The van der Waals surface area contributed by atoms with Crippen molar-refractivity contribution in [1.82, 2.24) is 9.78 Å². The Morgan fingerprint density at radius 3 is 2.56 bits per heavy atom. The minimum absolute atomic E-state index is 0.701. The smallest absolute Gasteiger partial charge is 0.119 e. The molecular weight excluding hydrogens is 226 g/mol. The van der Waals surface area contributed by atoms with Crippen molar-refractivity contribution in [2.75, 3.05) is 11.9 Å². The van der Waals surface area contributed by atoms with E-state index < -0.39 is 0 Å². The Bertz CT molecular complexity index is 502. The molecule has 0 aliphatic carbocycles. The molecule has 1 heterocycles. The van der Waals surface area contributed by atoms with Crippen molar-refractivity contribution in [2.24, 2.45) is 7.05 Å². The molecule has 1 aromatic carbocycles. The van der Waals surface area contributed by atoms with Crippen LogP contribution in [0, 0.1) is 6.92 Å². The number of ether oxygens (including phenoxy) is 1. The van der Waals surface area contributed by atoms with Crippen LogP contribution in [0.1, 0.15) is 18.2 Å². The SMILES string of the molecule is CCOc1ccc(CNc2cnn(C)c2C)cc1. The van der Waals surface area contributed by atoms with Gasteiger partial charge >= 0.3 is 0 Å². The summed E-state index contributed by atoms with van der Waals surface area (Å²) in [6, 6.07) is 8.14. The molecule has 0 radical (unpaired) electrons. The predicted molar refractivity (Wildman–Crippen MR) is 72.9 cm³/mol. The molecule has 1 N–H and O–H groups in total. The van der Waals surface area contributed by atoms with Crippen LogP contribution in [-0.2, 0) is 13.6 Å². The first-order valence-corrected chi connectivity index (χ1v) is 6.15. The van der Waals surface area contributed by atoms with E-state index in [1.165, 1.54) is 5.56 Å². The van der Waals surface area contributed by atoms with Crippen LogP contribution in [0.2, 0.25) is 0 Å². The summed E-state index contributed by atoms with van der Waals surface area (Å²) >= 11 is 0. The lowest BCUT2D eigenvalue weighted by molar-refractivity contribution is 0.340. The summed E-state index contributed by atoms with van der Waals surface area (Å²) in [5.74, 6) is 0.916. The maximum atomic E-state index is 5.41. The van der Waals surface area contributed by atoms with Crippen LogP contribution in [0.4, 0.5) is 5.69 Å². The van der Waals surface area contributed by atoms with Crippen LogP contribution in [0.3, 0.4) is 0 Å². The largest absolute Gasteiger partial charge is 0.494 e. The first-order chi connectivity index (χ1) is 8.70. The maximum Gasteiger partial charge on any atom is 0.119 e. The van der Waals surface area contributed by atoms with Gasteiger partial charge in [-0.3, -0.25) is 4.68 Å². The Hall–Kier alpha value is -1.97. The minimum Gasteiger partial charge on any atom is -0.494 e. The van der Waals surface area contributed by atoms with Crippen LogP contribution < -0.4 is 10.1 Å². The Kier molecular flexibility index (Phi) is 3.87. The third kappa shape index (κ3) is 2.83. The van der Waals surface area contributed by atoms with Gasteiger partial charge in [0.25, 0.3) is 0 Å². The molecule has 4 heteroatoms. The van der Waals surface area contributed by atoms with E-state index in [1.807, 2.05) is 43.9 Å². The molecule has 0 amide bonds. The number of rotatable bonds is 5. The van der Waals surface area contributed by atoms with Crippen molar-refractivity contribution in [3.8, 4) is 5.75 Å². The molecule has 0 saturated carbocycles. The molecule has 0 spiro atoms. The summed E-state index contributed by atoms with van der Waals surface area (Å²) in [7, 11) is 1.94. The van der Waals surface area contributed by atoms with E-state index >= 15 is 0 Å². The normalized spacial score (nSPS) is 10.4. The van der Waals surface area contributed by atoms with Crippen molar-refractivity contribution >= 4 is 5.69 Å². The summed E-state index contributed by atoms with van der Waals surface area (Å²) in [6.07, 6.45) is 1.85. The summed E-state index contributed by atoms with van der Waals surface area (Å²) in [5.41, 5.74) is 3.44. The van der Waals surface area contributed by atoms with Crippen LogP contribution in [0.5, 0.6) is 5.75 Å². The zero-order chi connectivity index (χ0) is 13.0. The molecule has 0 aliphatic rings. The highest BCUT2D eigenvalue weighted by Crippen LogP contribution is 2.16. The number of aryl methyl sites for hydroxylation is 1. The number of anilines is 1. The van der Waals surface area contributed by atoms with E-state index in [4.69, 9.17) is 4.74 Å². The first kappa shape index (κ1) is 12.5. The van der Waals surface area contributed by atoms with Gasteiger partial charge in [-0.1, -0.05) is 12.1 Å². The molecule has 0 atom stereocenters. The summed E-state index contributed by atoms with van der Waals surface area (Å²) in [4.78, 5) is 0. The number of nitrogens with one attached hydrogen (secondary N) is 1. The third-order valence-electron chi connectivity index (χ3n) is 2.95. The van der Waals surface area contributed by atoms with Crippen molar-refractivity contribution in [2.45, 2.75) is 20.4 Å². The monoisotopic (exact) mass is 245 g/mol. The van der Waals surface area contributed by atoms with Crippen molar-refractivity contribution < 1.29 is 4.74 Å². The zero-order valence-electron chi connectivity index (χ0n) is 11.1. The van der Waals surface area contributed by atoms with Gasteiger partial charge in [-0.2, -0.15) is 5.10 Å². The highest BCUT2D eigenvalue weighted by molar-refractivity contribution is 5.46. The van der Waals surface area contributed by atoms with Crippen LogP contribution in [0.15, 0.2) is 30.5 Å². The van der Waals surface area contributed by atoms with E-state index in [1.54, 1.807) is 0 Å². The third-order valence-corrected chi connectivity index (χ3v) is 2.95. The summed E-state index contributed by atoms with van der Waals surface area (Å²) < 4.78 is 7.27. The van der Waals surface area contributed by atoms with Gasteiger partial charge in [-0.15, -0.1) is 0 Å². The average Bonchev–Trinajstić information content (AvgIpc) is 2.70. The van der Waals surface area contributed by atoms with E-state index in [0.717, 1.165) is 23.7 Å². The average molecular weight is 245 g/mol. The highest BCUT2D eigenvalue weighted by atomic mass is 16.5. The topological polar surface area (TPSA) is 39.1 Å². The van der Waals surface area contributed by atoms with E-state index in [-0.39, 0.29) is 0 Å². The number of hydrogen-bond donors (Lipinski definition) is 1. The van der Waals surface area contributed by atoms with Gasteiger partial charge in [0, 0.05) is 13.6 Å². The number of hydrogen-bond acceptors (Lipinski definition) is 3. The Labute approximate surface area is 108 Å². The summed E-state index contributed by atoms with van der Waals surface area (Å²) in [6.45, 7) is 5.53. The highest BCUT2D eigenvalue weighted by Gasteiger charge is 2.02. The lowest BCUT2D eigenvalue weighted by Crippen LogP contribution is -2.01. The molecule has 2 rings (SSSR count). The van der Waals surface area contributed by atoms with Crippen molar-refractivity contribution in [3.05, 3.63) is 41.7 Å². The van der Waals surface area contributed by atoms with Gasteiger partial charge in [-0.25, -0.2) is 0 Å². The lowest BCUT2D eigenvalue weighted by atomic mass is 10.2. The van der Waals surface area contributed by atoms with Crippen LogP contribution >= 0.6 is 0 Å². The molecule has 0 saturated heterocycles. The first-order valence-electron chi connectivity index (χ1n) is 6.15. The zero-order valence-corrected chi connectivity index (χ0v) is 11.1. The van der Waals surface area contributed by atoms with E-state index in [2.05, 4.69) is 22.5 Å². The fourth-order valence-electron chi connectivity index (χ4n) is 1.74. The standard InChI is InChI=1S/C14H19N3O/c1-4-18-13-7-5-12(6-8-13)9-15-14-10-16-17(3)11(14)2/h5-8,10,15H,4,9H2,1-3H3. The van der Waals surface area contributed by atoms with E-state index in [9.17, 15) is 0 Å². The molecule has 96 valence electrons. The Morgan fingerprint density at radius 2 is 2.00 bits per heavy atom. The molecule has 0 aliphatic heterocycles. The number of aromatic nitrogens is 2. The Morgan fingerprint density at radius 1 is 1.28 bits per heavy atom. The fraction of sp³-hybridized carbons (Fsp3) is 0.357. The molecule has 0 fully saturated rings.